The second kappa shape index (κ2) is 8.86. The van der Waals surface area contributed by atoms with Crippen LogP contribution in [0.2, 0.25) is 0 Å². The van der Waals surface area contributed by atoms with Crippen molar-refractivity contribution in [1.29, 1.82) is 0 Å². The second-order valence-corrected chi connectivity index (χ2v) is 7.22. The van der Waals surface area contributed by atoms with Crippen LogP contribution in [0.5, 0.6) is 11.5 Å². The molecule has 1 aliphatic rings. The minimum atomic E-state index is -0.0721. The number of carbonyl (C=O) groups is 1. The maximum atomic E-state index is 12.7. The van der Waals surface area contributed by atoms with Crippen LogP contribution in [0.15, 0.2) is 49.1 Å². The van der Waals surface area contributed by atoms with Crippen LogP contribution in [0.25, 0.3) is 0 Å². The highest BCUT2D eigenvalue weighted by Gasteiger charge is 2.22. The van der Waals surface area contributed by atoms with Gasteiger partial charge in [0.05, 0.1) is 20.8 Å². The van der Waals surface area contributed by atoms with E-state index in [9.17, 15) is 4.79 Å². The van der Waals surface area contributed by atoms with Gasteiger partial charge in [0.15, 0.2) is 11.5 Å². The van der Waals surface area contributed by atoms with E-state index in [1.54, 1.807) is 25.2 Å². The van der Waals surface area contributed by atoms with Gasteiger partial charge in [0.25, 0.3) is 0 Å². The number of carbonyl (C=O) groups excluding carboxylic acids is 1. The summed E-state index contributed by atoms with van der Waals surface area (Å²) in [5.41, 5.74) is 4.44. The zero-order valence-electron chi connectivity index (χ0n) is 17.2. The molecule has 2 aromatic carbocycles. The number of nitrogens with one attached hydrogen (secondary N) is 1. The number of nitrogens with zero attached hydrogens (tertiary/aromatic N) is 4. The molecule has 8 heteroatoms. The standard InChI is InChI=1S/C22H25N5O3/c1-29-20-9-18-6-7-26(13-19(18)10-21(20)30-2)22(28)24-11-16-4-3-5-17(8-16)12-27-15-23-14-25-27/h3-5,8-10,14-15H,6-7,11-13H2,1-2H3,(H,24,28). The molecule has 0 fully saturated rings. The zero-order valence-corrected chi connectivity index (χ0v) is 17.2. The van der Waals surface area contributed by atoms with Crippen LogP contribution in [0, 0.1) is 0 Å². The number of amides is 2. The van der Waals surface area contributed by atoms with Gasteiger partial charge in [-0.1, -0.05) is 24.3 Å². The Morgan fingerprint density at radius 3 is 2.60 bits per heavy atom. The van der Waals surface area contributed by atoms with E-state index < -0.39 is 0 Å². The van der Waals surface area contributed by atoms with E-state index >= 15 is 0 Å². The summed E-state index contributed by atoms with van der Waals surface area (Å²) in [5.74, 6) is 1.41. The van der Waals surface area contributed by atoms with Crippen LogP contribution in [-0.4, -0.2) is 46.5 Å². The van der Waals surface area contributed by atoms with Crippen molar-refractivity contribution in [3.8, 4) is 11.5 Å². The first-order valence-electron chi connectivity index (χ1n) is 9.83. The van der Waals surface area contributed by atoms with Crippen LogP contribution < -0.4 is 14.8 Å². The number of aromatic nitrogens is 3. The number of rotatable bonds is 6. The largest absolute Gasteiger partial charge is 0.493 e. The van der Waals surface area contributed by atoms with Crippen molar-refractivity contribution in [3.05, 3.63) is 71.3 Å². The van der Waals surface area contributed by atoms with Crippen LogP contribution >= 0.6 is 0 Å². The van der Waals surface area contributed by atoms with Crippen molar-refractivity contribution < 1.29 is 14.3 Å². The fourth-order valence-electron chi connectivity index (χ4n) is 3.69. The van der Waals surface area contributed by atoms with E-state index in [1.807, 2.05) is 35.2 Å². The summed E-state index contributed by atoms with van der Waals surface area (Å²) < 4.78 is 12.5. The number of methoxy groups -OCH3 is 2. The quantitative estimate of drug-likeness (QED) is 0.679. The molecule has 2 heterocycles. The van der Waals surface area contributed by atoms with E-state index in [0.717, 1.165) is 28.9 Å². The van der Waals surface area contributed by atoms with Crippen molar-refractivity contribution in [1.82, 2.24) is 25.0 Å². The first-order chi connectivity index (χ1) is 14.7. The van der Waals surface area contributed by atoms with Crippen LogP contribution in [-0.2, 0) is 26.1 Å². The third-order valence-corrected chi connectivity index (χ3v) is 5.25. The molecule has 0 saturated heterocycles. The van der Waals surface area contributed by atoms with Gasteiger partial charge in [0, 0.05) is 19.6 Å². The molecule has 1 aliphatic heterocycles. The third kappa shape index (κ3) is 4.37. The Morgan fingerprint density at radius 1 is 1.10 bits per heavy atom. The molecule has 3 aromatic rings. The molecule has 0 atom stereocenters. The number of ether oxygens (including phenoxy) is 2. The average molecular weight is 407 g/mol. The average Bonchev–Trinajstić information content (AvgIpc) is 3.29. The third-order valence-electron chi connectivity index (χ3n) is 5.25. The highest BCUT2D eigenvalue weighted by Crippen LogP contribution is 2.33. The second-order valence-electron chi connectivity index (χ2n) is 7.22. The lowest BCUT2D eigenvalue weighted by Crippen LogP contribution is -2.42. The lowest BCUT2D eigenvalue weighted by atomic mass is 9.99. The predicted molar refractivity (Wildman–Crippen MR) is 111 cm³/mol. The molecule has 0 saturated carbocycles. The maximum absolute atomic E-state index is 12.7. The predicted octanol–water partition coefficient (Wildman–Crippen LogP) is 2.61. The van der Waals surface area contributed by atoms with Crippen molar-refractivity contribution in [2.24, 2.45) is 0 Å². The monoisotopic (exact) mass is 407 g/mol. The van der Waals surface area contributed by atoms with E-state index in [4.69, 9.17) is 9.47 Å². The summed E-state index contributed by atoms with van der Waals surface area (Å²) in [7, 11) is 3.25. The first kappa shape index (κ1) is 19.8. The Bertz CT molecular complexity index is 1020. The summed E-state index contributed by atoms with van der Waals surface area (Å²) in [5, 5.41) is 7.16. The molecular formula is C22H25N5O3. The summed E-state index contributed by atoms with van der Waals surface area (Å²) in [6.07, 6.45) is 4.00. The number of hydrogen-bond donors (Lipinski definition) is 1. The Balaban J connectivity index is 1.37. The smallest absolute Gasteiger partial charge is 0.317 e. The molecule has 2 amide bonds. The lowest BCUT2D eigenvalue weighted by Gasteiger charge is -2.29. The van der Waals surface area contributed by atoms with Crippen molar-refractivity contribution in [2.75, 3.05) is 20.8 Å². The Hall–Kier alpha value is -3.55. The fourth-order valence-corrected chi connectivity index (χ4v) is 3.69. The highest BCUT2D eigenvalue weighted by molar-refractivity contribution is 5.74. The van der Waals surface area contributed by atoms with Gasteiger partial charge < -0.3 is 19.7 Å². The number of benzene rings is 2. The molecule has 0 radical (unpaired) electrons. The fraction of sp³-hybridized carbons (Fsp3) is 0.318. The van der Waals surface area contributed by atoms with Gasteiger partial charge in [0.2, 0.25) is 0 Å². The number of urea groups is 1. The summed E-state index contributed by atoms with van der Waals surface area (Å²) in [4.78, 5) is 18.5. The van der Waals surface area contributed by atoms with E-state index in [1.165, 1.54) is 11.9 Å². The molecule has 0 unspecified atom stereocenters. The molecule has 4 rings (SSSR count). The van der Waals surface area contributed by atoms with Crippen LogP contribution in [0.3, 0.4) is 0 Å². The van der Waals surface area contributed by atoms with Crippen LogP contribution in [0.1, 0.15) is 22.3 Å². The zero-order chi connectivity index (χ0) is 20.9. The molecule has 0 aliphatic carbocycles. The maximum Gasteiger partial charge on any atom is 0.317 e. The summed E-state index contributed by atoms with van der Waals surface area (Å²) in [6, 6.07) is 12.0. The minimum Gasteiger partial charge on any atom is -0.493 e. The number of hydrogen-bond acceptors (Lipinski definition) is 5. The summed E-state index contributed by atoms with van der Waals surface area (Å²) in [6.45, 7) is 2.34. The van der Waals surface area contributed by atoms with Gasteiger partial charge in [-0.15, -0.1) is 0 Å². The molecule has 0 bridgehead atoms. The van der Waals surface area contributed by atoms with Gasteiger partial charge in [-0.3, -0.25) is 0 Å². The van der Waals surface area contributed by atoms with Gasteiger partial charge in [-0.2, -0.15) is 5.10 Å². The van der Waals surface area contributed by atoms with E-state index in [-0.39, 0.29) is 6.03 Å². The molecule has 1 N–H and O–H groups in total. The molecule has 8 nitrogen and oxygen atoms in total. The lowest BCUT2D eigenvalue weighted by molar-refractivity contribution is 0.191. The molecule has 30 heavy (non-hydrogen) atoms. The molecular weight excluding hydrogens is 382 g/mol. The Morgan fingerprint density at radius 2 is 1.87 bits per heavy atom. The van der Waals surface area contributed by atoms with Gasteiger partial charge in [-0.05, 0) is 40.8 Å². The van der Waals surface area contributed by atoms with Crippen molar-refractivity contribution in [2.45, 2.75) is 26.1 Å². The summed E-state index contributed by atoms with van der Waals surface area (Å²) >= 11 is 0. The molecule has 0 spiro atoms. The normalized spacial score (nSPS) is 12.9. The van der Waals surface area contributed by atoms with Gasteiger partial charge in [-0.25, -0.2) is 14.5 Å². The van der Waals surface area contributed by atoms with Gasteiger partial charge in [0.1, 0.15) is 12.7 Å². The highest BCUT2D eigenvalue weighted by atomic mass is 16.5. The van der Waals surface area contributed by atoms with Crippen molar-refractivity contribution >= 4 is 6.03 Å². The van der Waals surface area contributed by atoms with Crippen LogP contribution in [0.4, 0.5) is 4.79 Å². The topological polar surface area (TPSA) is 81.5 Å². The van der Waals surface area contributed by atoms with E-state index in [0.29, 0.717) is 31.9 Å². The van der Waals surface area contributed by atoms with Gasteiger partial charge >= 0.3 is 6.03 Å². The molecule has 156 valence electrons. The Labute approximate surface area is 175 Å². The first-order valence-corrected chi connectivity index (χ1v) is 9.83. The van der Waals surface area contributed by atoms with E-state index in [2.05, 4.69) is 21.5 Å². The number of fused-ring (bicyclic) bond motifs is 1. The SMILES string of the molecule is COc1cc2c(cc1OC)CN(C(=O)NCc1cccc(Cn3cncn3)c1)CC2. The Kier molecular flexibility index (Phi) is 5.83. The minimum absolute atomic E-state index is 0.0721. The molecule has 1 aromatic heterocycles. The van der Waals surface area contributed by atoms with Crippen molar-refractivity contribution in [3.63, 3.8) is 0 Å².